The standard InChI is InChI=1S/C21H22ClFN4O2/c1-4-29-20-25-18(14-6-5-7-15(23)12-14)27(26-20)17-10-8-16(9-11-17)24-19(28)21(2,3)13-22/h5-12H,4,13H2,1-3H3,(H,24,28). The van der Waals surface area contributed by atoms with Gasteiger partial charge in [-0.3, -0.25) is 4.79 Å². The van der Waals surface area contributed by atoms with Crippen molar-refractivity contribution in [2.75, 3.05) is 17.8 Å². The third kappa shape index (κ3) is 4.74. The zero-order valence-electron chi connectivity index (χ0n) is 16.4. The highest BCUT2D eigenvalue weighted by Crippen LogP contribution is 2.26. The van der Waals surface area contributed by atoms with Gasteiger partial charge >= 0.3 is 6.01 Å². The summed E-state index contributed by atoms with van der Waals surface area (Å²) in [6, 6.07) is 13.4. The van der Waals surface area contributed by atoms with Crippen LogP contribution in [0.25, 0.3) is 17.1 Å². The Kier molecular flexibility index (Phi) is 6.17. The highest BCUT2D eigenvalue weighted by Gasteiger charge is 2.26. The Hall–Kier alpha value is -2.93. The van der Waals surface area contributed by atoms with Crippen LogP contribution in [0.3, 0.4) is 0 Å². The van der Waals surface area contributed by atoms with Crippen LogP contribution in [-0.2, 0) is 4.79 Å². The highest BCUT2D eigenvalue weighted by atomic mass is 35.5. The molecule has 3 rings (SSSR count). The van der Waals surface area contributed by atoms with E-state index in [0.717, 1.165) is 0 Å². The smallest absolute Gasteiger partial charge is 0.336 e. The summed E-state index contributed by atoms with van der Waals surface area (Å²) < 4.78 is 20.7. The van der Waals surface area contributed by atoms with Crippen LogP contribution < -0.4 is 10.1 Å². The lowest BCUT2D eigenvalue weighted by Crippen LogP contribution is -2.32. The van der Waals surface area contributed by atoms with Crippen molar-refractivity contribution in [2.24, 2.45) is 5.41 Å². The molecule has 1 aromatic heterocycles. The average Bonchev–Trinajstić information content (AvgIpc) is 3.13. The molecule has 0 aliphatic rings. The van der Waals surface area contributed by atoms with Gasteiger partial charge in [0, 0.05) is 17.1 Å². The van der Waals surface area contributed by atoms with Gasteiger partial charge in [-0.15, -0.1) is 16.7 Å². The van der Waals surface area contributed by atoms with E-state index in [2.05, 4.69) is 15.4 Å². The number of anilines is 1. The van der Waals surface area contributed by atoms with E-state index < -0.39 is 5.41 Å². The van der Waals surface area contributed by atoms with Crippen molar-refractivity contribution in [1.29, 1.82) is 0 Å². The number of aromatic nitrogens is 3. The van der Waals surface area contributed by atoms with E-state index in [4.69, 9.17) is 16.3 Å². The quantitative estimate of drug-likeness (QED) is 0.568. The van der Waals surface area contributed by atoms with Crippen molar-refractivity contribution < 1.29 is 13.9 Å². The number of ether oxygens (including phenoxy) is 1. The molecule has 152 valence electrons. The number of alkyl halides is 1. The molecular weight excluding hydrogens is 395 g/mol. The first kappa shape index (κ1) is 20.8. The topological polar surface area (TPSA) is 69.0 Å². The van der Waals surface area contributed by atoms with Gasteiger partial charge in [0.2, 0.25) is 5.91 Å². The lowest BCUT2D eigenvalue weighted by Gasteiger charge is -2.20. The second-order valence-electron chi connectivity index (χ2n) is 7.09. The average molecular weight is 417 g/mol. The molecule has 3 aromatic rings. The zero-order chi connectivity index (χ0) is 21.0. The van der Waals surface area contributed by atoms with Crippen LogP contribution in [0, 0.1) is 11.2 Å². The molecule has 0 bridgehead atoms. The number of nitrogens with zero attached hydrogens (tertiary/aromatic N) is 3. The summed E-state index contributed by atoms with van der Waals surface area (Å²) >= 11 is 5.86. The molecule has 2 aromatic carbocycles. The van der Waals surface area contributed by atoms with Gasteiger partial charge in [-0.1, -0.05) is 12.1 Å². The minimum Gasteiger partial charge on any atom is -0.463 e. The Labute approximate surface area is 173 Å². The molecule has 0 radical (unpaired) electrons. The number of amides is 1. The van der Waals surface area contributed by atoms with E-state index in [1.165, 1.54) is 12.1 Å². The monoisotopic (exact) mass is 416 g/mol. The minimum atomic E-state index is -0.678. The molecule has 0 fully saturated rings. The maximum atomic E-state index is 13.7. The van der Waals surface area contributed by atoms with Crippen molar-refractivity contribution >= 4 is 23.2 Å². The SMILES string of the molecule is CCOc1nc(-c2cccc(F)c2)n(-c2ccc(NC(=O)C(C)(C)CCl)cc2)n1. The van der Waals surface area contributed by atoms with Gasteiger partial charge in [0.25, 0.3) is 0 Å². The van der Waals surface area contributed by atoms with Crippen molar-refractivity contribution in [2.45, 2.75) is 20.8 Å². The fourth-order valence-corrected chi connectivity index (χ4v) is 2.65. The highest BCUT2D eigenvalue weighted by molar-refractivity contribution is 6.20. The number of hydrogen-bond acceptors (Lipinski definition) is 4. The Balaban J connectivity index is 1.93. The largest absolute Gasteiger partial charge is 0.463 e. The lowest BCUT2D eigenvalue weighted by molar-refractivity contribution is -0.122. The van der Waals surface area contributed by atoms with Crippen molar-refractivity contribution in [3.63, 3.8) is 0 Å². The minimum absolute atomic E-state index is 0.167. The molecule has 0 atom stereocenters. The molecule has 8 heteroatoms. The Morgan fingerprint density at radius 3 is 2.59 bits per heavy atom. The summed E-state index contributed by atoms with van der Waals surface area (Å²) in [7, 11) is 0. The van der Waals surface area contributed by atoms with Crippen LogP contribution in [0.15, 0.2) is 48.5 Å². The molecule has 0 aliphatic heterocycles. The number of rotatable bonds is 7. The third-order valence-corrected chi connectivity index (χ3v) is 4.93. The van der Waals surface area contributed by atoms with Crippen LogP contribution in [-0.4, -0.2) is 33.2 Å². The zero-order valence-corrected chi connectivity index (χ0v) is 17.2. The number of hydrogen-bond donors (Lipinski definition) is 1. The fourth-order valence-electron chi connectivity index (χ4n) is 2.52. The molecule has 1 heterocycles. The van der Waals surface area contributed by atoms with Gasteiger partial charge in [-0.2, -0.15) is 4.98 Å². The van der Waals surface area contributed by atoms with Crippen molar-refractivity contribution in [1.82, 2.24) is 14.8 Å². The molecule has 0 saturated heterocycles. The van der Waals surface area contributed by atoms with Gasteiger partial charge in [-0.25, -0.2) is 9.07 Å². The summed E-state index contributed by atoms with van der Waals surface area (Å²) in [4.78, 5) is 16.7. The molecule has 0 saturated carbocycles. The number of benzene rings is 2. The number of halogens is 2. The summed E-state index contributed by atoms with van der Waals surface area (Å²) in [5, 5.41) is 7.22. The second-order valence-corrected chi connectivity index (χ2v) is 7.36. The molecule has 0 spiro atoms. The molecule has 29 heavy (non-hydrogen) atoms. The predicted molar refractivity (Wildman–Crippen MR) is 111 cm³/mol. The Morgan fingerprint density at radius 2 is 1.97 bits per heavy atom. The fraction of sp³-hybridized carbons (Fsp3) is 0.286. The van der Waals surface area contributed by atoms with E-state index in [0.29, 0.717) is 29.4 Å². The van der Waals surface area contributed by atoms with Gasteiger partial charge < -0.3 is 10.1 Å². The van der Waals surface area contributed by atoms with E-state index >= 15 is 0 Å². The van der Waals surface area contributed by atoms with Crippen LogP contribution in [0.2, 0.25) is 0 Å². The first-order valence-electron chi connectivity index (χ1n) is 9.17. The maximum Gasteiger partial charge on any atom is 0.336 e. The molecule has 6 nitrogen and oxygen atoms in total. The predicted octanol–water partition coefficient (Wildman–Crippen LogP) is 4.68. The second kappa shape index (κ2) is 8.61. The molecule has 0 unspecified atom stereocenters. The first-order valence-corrected chi connectivity index (χ1v) is 9.71. The molecule has 1 amide bonds. The summed E-state index contributed by atoms with van der Waals surface area (Å²) in [5.74, 6) is 0.135. The van der Waals surface area contributed by atoms with E-state index in [-0.39, 0.29) is 23.6 Å². The van der Waals surface area contributed by atoms with Crippen molar-refractivity contribution in [3.8, 4) is 23.1 Å². The maximum absolute atomic E-state index is 13.7. The summed E-state index contributed by atoms with van der Waals surface area (Å²) in [6.07, 6.45) is 0. The van der Waals surface area contributed by atoms with Crippen LogP contribution >= 0.6 is 11.6 Å². The number of carbonyl (C=O) groups excluding carboxylic acids is 1. The van der Waals surface area contributed by atoms with E-state index in [1.807, 2.05) is 6.92 Å². The van der Waals surface area contributed by atoms with Crippen LogP contribution in [0.4, 0.5) is 10.1 Å². The number of carbonyl (C=O) groups is 1. The summed E-state index contributed by atoms with van der Waals surface area (Å²) in [6.45, 7) is 5.80. The van der Waals surface area contributed by atoms with Crippen LogP contribution in [0.1, 0.15) is 20.8 Å². The van der Waals surface area contributed by atoms with E-state index in [9.17, 15) is 9.18 Å². The summed E-state index contributed by atoms with van der Waals surface area (Å²) in [5.41, 5.74) is 1.22. The van der Waals surface area contributed by atoms with Crippen molar-refractivity contribution in [3.05, 3.63) is 54.3 Å². The Bertz CT molecular complexity index is 1000. The van der Waals surface area contributed by atoms with Gasteiger partial charge in [-0.05, 0) is 57.2 Å². The molecule has 0 aliphatic carbocycles. The Morgan fingerprint density at radius 1 is 1.24 bits per heavy atom. The van der Waals surface area contributed by atoms with E-state index in [1.54, 1.807) is 54.9 Å². The molecule has 1 N–H and O–H groups in total. The van der Waals surface area contributed by atoms with Gasteiger partial charge in [0.1, 0.15) is 5.82 Å². The molecular formula is C21H22ClFN4O2. The first-order chi connectivity index (χ1) is 13.8. The van der Waals surface area contributed by atoms with Crippen LogP contribution in [0.5, 0.6) is 6.01 Å². The number of nitrogens with one attached hydrogen (secondary N) is 1. The third-order valence-electron chi connectivity index (χ3n) is 4.26. The van der Waals surface area contributed by atoms with Gasteiger partial charge in [0.05, 0.1) is 17.7 Å². The normalized spacial score (nSPS) is 11.3. The van der Waals surface area contributed by atoms with Gasteiger partial charge in [0.15, 0.2) is 5.82 Å². The lowest BCUT2D eigenvalue weighted by atomic mass is 9.95.